The fraction of sp³-hybridized carbons (Fsp3) is 0.462. The van der Waals surface area contributed by atoms with E-state index in [9.17, 15) is 43.2 Å². The molecule has 20 N–H and O–H groups in total. The number of aromatic amines is 2. The average Bonchev–Trinajstić information content (AvgIpc) is 4.21. The normalized spacial score (nSPS) is 21.4. The Balaban J connectivity index is 1.56. The van der Waals surface area contributed by atoms with Crippen molar-refractivity contribution in [3.8, 4) is 0 Å². The van der Waals surface area contributed by atoms with E-state index in [0.29, 0.717) is 16.8 Å². The minimum atomic E-state index is -1.46. The van der Waals surface area contributed by atoms with Crippen LogP contribution in [0.1, 0.15) is 76.1 Å². The highest BCUT2D eigenvalue weighted by Gasteiger charge is 2.38. The van der Waals surface area contributed by atoms with Gasteiger partial charge in [-0.05, 0) is 63.1 Å². The second-order valence-electron chi connectivity index (χ2n) is 19.8. The number of para-hydroxylation sites is 1. The highest BCUT2D eigenvalue weighted by Crippen LogP contribution is 2.38. The molecule has 0 bridgehead atoms. The summed E-state index contributed by atoms with van der Waals surface area (Å²) in [6.07, 6.45) is 4.60. The number of aliphatic imine (C=N–C) groups is 2. The lowest BCUT2D eigenvalue weighted by molar-refractivity contribution is -0.135. The van der Waals surface area contributed by atoms with Crippen molar-refractivity contribution in [2.45, 2.75) is 126 Å². The molecule has 0 spiro atoms. The maximum absolute atomic E-state index is 14.8. The van der Waals surface area contributed by atoms with Gasteiger partial charge in [-0.3, -0.25) is 53.1 Å². The molecule has 0 aliphatic carbocycles. The van der Waals surface area contributed by atoms with Crippen LogP contribution in [0.5, 0.6) is 0 Å². The van der Waals surface area contributed by atoms with Gasteiger partial charge in [0.15, 0.2) is 11.9 Å². The van der Waals surface area contributed by atoms with E-state index < -0.39 is 100 Å². The molecule has 438 valence electrons. The molecule has 2 aromatic carbocycles. The molecular weight excluding hydrogens is 1080 g/mol. The molecule has 27 nitrogen and oxygen atoms in total. The Morgan fingerprint density at radius 1 is 0.741 bits per heavy atom. The molecule has 3 heterocycles. The first-order valence-corrected chi connectivity index (χ1v) is 28.5. The fourth-order valence-corrected chi connectivity index (χ4v) is 11.5. The van der Waals surface area contributed by atoms with Crippen molar-refractivity contribution >= 4 is 97.6 Å². The highest BCUT2D eigenvalue weighted by molar-refractivity contribution is 8.77. The van der Waals surface area contributed by atoms with Gasteiger partial charge in [-0.25, -0.2) is 4.98 Å². The molecule has 1 fully saturated rings. The molecule has 0 radical (unpaired) electrons. The molecule has 81 heavy (non-hydrogen) atoms. The maximum Gasteiger partial charge on any atom is 0.244 e. The topological polar surface area (TPSA) is 449 Å². The summed E-state index contributed by atoms with van der Waals surface area (Å²) in [6, 6.07) is 6.82. The number of nitrogens with zero attached hydrogens (tertiary/aromatic N) is 3. The van der Waals surface area contributed by atoms with Gasteiger partial charge in [0.05, 0.1) is 6.33 Å². The lowest BCUT2D eigenvalue weighted by atomic mass is 10.0. The van der Waals surface area contributed by atoms with E-state index in [4.69, 9.17) is 28.7 Å². The number of imidazole rings is 1. The van der Waals surface area contributed by atoms with Gasteiger partial charge in [-0.15, -0.1) is 0 Å². The molecule has 5 rings (SSSR count). The summed E-state index contributed by atoms with van der Waals surface area (Å²) in [5, 5.41) is 22.8. The molecule has 0 saturated carbocycles. The Bertz CT molecular complexity index is 2860. The Hall–Kier alpha value is -8.34. The molecule has 29 heteroatoms. The van der Waals surface area contributed by atoms with Gasteiger partial charge in [-0.1, -0.05) is 70.1 Å². The van der Waals surface area contributed by atoms with Gasteiger partial charge in [0, 0.05) is 91.7 Å². The number of aromatic nitrogens is 3. The van der Waals surface area contributed by atoms with E-state index in [1.54, 1.807) is 50.4 Å². The first-order chi connectivity index (χ1) is 38.6. The van der Waals surface area contributed by atoms with E-state index in [1.165, 1.54) is 19.4 Å². The summed E-state index contributed by atoms with van der Waals surface area (Å²) in [4.78, 5) is 144. The van der Waals surface area contributed by atoms with Gasteiger partial charge < -0.3 is 81.2 Å². The van der Waals surface area contributed by atoms with Crippen LogP contribution < -0.4 is 71.2 Å². The molecule has 9 amide bonds. The summed E-state index contributed by atoms with van der Waals surface area (Å²) in [5.74, 6) is -7.22. The highest BCUT2D eigenvalue weighted by atomic mass is 33.1. The number of nitrogens with one attached hydrogen (secondary N) is 10. The number of benzene rings is 2. The van der Waals surface area contributed by atoms with Gasteiger partial charge in [-0.2, -0.15) is 0 Å². The zero-order chi connectivity index (χ0) is 59.1. The number of primary amides is 1. The maximum atomic E-state index is 14.8. The first-order valence-electron chi connectivity index (χ1n) is 26.2. The summed E-state index contributed by atoms with van der Waals surface area (Å²) in [5.41, 5.74) is 30.5. The third-order valence-corrected chi connectivity index (χ3v) is 16.1. The summed E-state index contributed by atoms with van der Waals surface area (Å²) >= 11 is 0. The van der Waals surface area contributed by atoms with Gasteiger partial charge in [0.2, 0.25) is 53.2 Å². The van der Waals surface area contributed by atoms with Crippen LogP contribution in [0, 0.1) is 0 Å². The molecule has 4 aromatic rings. The van der Waals surface area contributed by atoms with E-state index in [2.05, 4.69) is 67.5 Å². The third kappa shape index (κ3) is 21.0. The zero-order valence-electron chi connectivity index (χ0n) is 45.4. The number of guanidine groups is 2. The predicted molar refractivity (Wildman–Crippen MR) is 309 cm³/mol. The van der Waals surface area contributed by atoms with Crippen LogP contribution in [0.3, 0.4) is 0 Å². The number of rotatable bonds is 18. The van der Waals surface area contributed by atoms with Gasteiger partial charge >= 0.3 is 0 Å². The average molecular weight is 1160 g/mol. The van der Waals surface area contributed by atoms with Crippen LogP contribution in [-0.2, 0) is 62.4 Å². The van der Waals surface area contributed by atoms with E-state index in [0.717, 1.165) is 32.5 Å². The molecular formula is C52H74N18O9S2. The smallest absolute Gasteiger partial charge is 0.244 e. The van der Waals surface area contributed by atoms with Gasteiger partial charge in [0.1, 0.15) is 42.3 Å². The van der Waals surface area contributed by atoms with Crippen molar-refractivity contribution in [1.82, 2.24) is 57.5 Å². The SMILES string of the molecule is CC(=O)N[C@@H](CCCN=C(N)N)C(=O)N[C@H]1CSSC(C)(C)[C@@H](C(N)=O)NC(=O)CCCNC(=O)[C@H](Cc2c[nH]c3ccccc23)NC(=O)[C@H](CCCN=C(N)N)NC(=O)[C@@H](Cc2ccccc2)NC(=O)[C@H](Cc2cnc[nH]2)NC1=O. The molecule has 1 saturated heterocycles. The standard InChI is InChI=1S/C52H74N18O9S2/c1-29(71)64-35(16-9-20-60-50(54)55)45(75)69-40-27-80-81-52(2,3)42(43(53)73)70-41(72)18-11-19-59-44(74)38(23-31-25-62-34-15-8-7-14-33(31)34)67-46(76)36(17-10-21-61-51(56)57)65-47(77)37(22-30-12-5-4-6-13-30)66-48(78)39(68-49(40)79)24-32-26-58-28-63-32/h4-8,12-15,25-26,28,35-40,42,62H,9-11,16-24,27H2,1-3H3,(H2,53,73)(H,58,63)(H,59,74)(H,64,71)(H,65,77)(H,66,78)(H,67,76)(H,68,79)(H,69,75)(H,70,72)(H4,54,55,60)(H4,56,57,61)/t35-,36-,37+,38-,39-,40-,42+/m0/s1. The molecule has 1 aliphatic heterocycles. The van der Waals surface area contributed by atoms with Crippen LogP contribution in [0.2, 0.25) is 0 Å². The van der Waals surface area contributed by atoms with Gasteiger partial charge in [0.25, 0.3) is 0 Å². The van der Waals surface area contributed by atoms with Crippen molar-refractivity contribution in [1.29, 1.82) is 0 Å². The number of hydrogen-bond donors (Lipinski definition) is 15. The monoisotopic (exact) mass is 1160 g/mol. The summed E-state index contributed by atoms with van der Waals surface area (Å²) < 4.78 is -1.16. The summed E-state index contributed by atoms with van der Waals surface area (Å²) in [7, 11) is 2.12. The quantitative estimate of drug-likeness (QED) is 0.0222. The lowest BCUT2D eigenvalue weighted by Gasteiger charge is -2.32. The predicted octanol–water partition coefficient (Wildman–Crippen LogP) is -2.01. The van der Waals surface area contributed by atoms with Crippen LogP contribution in [-0.4, -0.2) is 152 Å². The minimum Gasteiger partial charge on any atom is -0.370 e. The van der Waals surface area contributed by atoms with Crippen molar-refractivity contribution in [3.05, 3.63) is 90.1 Å². The second-order valence-corrected chi connectivity index (χ2v) is 22.8. The minimum absolute atomic E-state index is 0.000951. The zero-order valence-corrected chi connectivity index (χ0v) is 47.0. The molecule has 1 aliphatic rings. The number of amides is 9. The number of fused-ring (bicyclic) bond motifs is 1. The molecule has 7 atom stereocenters. The van der Waals surface area contributed by atoms with Crippen LogP contribution >= 0.6 is 21.6 Å². The van der Waals surface area contributed by atoms with Crippen LogP contribution in [0.25, 0.3) is 10.9 Å². The second kappa shape index (κ2) is 31.5. The number of carbonyl (C=O) groups excluding carboxylic acids is 9. The van der Waals surface area contributed by atoms with Crippen molar-refractivity contribution in [2.75, 3.05) is 25.4 Å². The lowest BCUT2D eigenvalue weighted by Crippen LogP contribution is -2.60. The summed E-state index contributed by atoms with van der Waals surface area (Å²) in [6.45, 7) is 4.67. The first kappa shape index (κ1) is 63.5. The van der Waals surface area contributed by atoms with Crippen molar-refractivity contribution in [2.24, 2.45) is 38.7 Å². The Labute approximate surface area is 476 Å². The number of nitrogens with two attached hydrogens (primary N) is 5. The van der Waals surface area contributed by atoms with Crippen LogP contribution in [0.4, 0.5) is 0 Å². The van der Waals surface area contributed by atoms with E-state index in [-0.39, 0.29) is 95.1 Å². The number of H-pyrrole nitrogens is 2. The van der Waals surface area contributed by atoms with E-state index in [1.807, 2.05) is 24.3 Å². The van der Waals surface area contributed by atoms with Crippen LogP contribution in [0.15, 0.2) is 83.3 Å². The fourth-order valence-electron chi connectivity index (χ4n) is 8.66. The van der Waals surface area contributed by atoms with Crippen molar-refractivity contribution in [3.63, 3.8) is 0 Å². The Morgan fingerprint density at radius 2 is 1.36 bits per heavy atom. The largest absolute Gasteiger partial charge is 0.370 e. The number of carbonyl (C=O) groups is 9. The molecule has 0 unspecified atom stereocenters. The van der Waals surface area contributed by atoms with E-state index >= 15 is 0 Å². The Morgan fingerprint density at radius 3 is 2.01 bits per heavy atom. The third-order valence-electron chi connectivity index (χ3n) is 12.8. The Kier molecular flexibility index (Phi) is 24.7. The van der Waals surface area contributed by atoms with Crippen molar-refractivity contribution < 1.29 is 43.2 Å². The number of hydrogen-bond acceptors (Lipinski definition) is 14. The molecule has 2 aromatic heterocycles.